The molecule has 2 atom stereocenters. The van der Waals surface area contributed by atoms with Gasteiger partial charge in [-0.2, -0.15) is 13.2 Å². The van der Waals surface area contributed by atoms with E-state index < -0.39 is 54.6 Å². The Labute approximate surface area is 220 Å². The summed E-state index contributed by atoms with van der Waals surface area (Å²) >= 11 is 0.822. The van der Waals surface area contributed by atoms with Gasteiger partial charge in [-0.1, -0.05) is 6.92 Å². The Morgan fingerprint density at radius 1 is 1.32 bits per heavy atom. The highest BCUT2D eigenvalue weighted by Gasteiger charge is 2.46. The first-order valence-corrected chi connectivity index (χ1v) is 12.7. The van der Waals surface area contributed by atoms with Crippen molar-refractivity contribution < 1.29 is 36.6 Å². The van der Waals surface area contributed by atoms with Gasteiger partial charge in [0.2, 0.25) is 0 Å². The number of nitrogens with zero attached hydrogens (tertiary/aromatic N) is 3. The van der Waals surface area contributed by atoms with Crippen LogP contribution in [0.4, 0.5) is 27.8 Å². The molecule has 1 aliphatic rings. The van der Waals surface area contributed by atoms with Gasteiger partial charge in [-0.25, -0.2) is 18.7 Å². The Balaban J connectivity index is 2.01. The van der Waals surface area contributed by atoms with Gasteiger partial charge in [-0.05, 0) is 45.7 Å². The van der Waals surface area contributed by atoms with Crippen LogP contribution >= 0.6 is 11.3 Å². The lowest BCUT2D eigenvalue weighted by atomic mass is 10.1. The number of anilines is 1. The largest absolute Gasteiger partial charge is 0.408 e. The van der Waals surface area contributed by atoms with Crippen molar-refractivity contribution in [2.45, 2.75) is 77.2 Å². The first-order valence-electron chi connectivity index (χ1n) is 11.9. The first kappa shape index (κ1) is 29.7. The number of aromatic nitrogens is 2. The molecule has 1 aliphatic heterocycles. The highest BCUT2D eigenvalue weighted by atomic mass is 32.1. The first-order chi connectivity index (χ1) is 17.4. The minimum atomic E-state index is -4.49. The average molecular weight is 564 g/mol. The van der Waals surface area contributed by atoms with Crippen molar-refractivity contribution in [3.8, 4) is 10.4 Å². The number of rotatable bonds is 8. The van der Waals surface area contributed by atoms with E-state index in [2.05, 4.69) is 20.6 Å². The van der Waals surface area contributed by atoms with Crippen LogP contribution in [0.5, 0.6) is 0 Å². The average Bonchev–Trinajstić information content (AvgIpc) is 3.34. The number of alkyl halides is 5. The number of likely N-dealkylation sites (tertiary alicyclic amines) is 1. The van der Waals surface area contributed by atoms with Crippen LogP contribution in [0.1, 0.15) is 66.4 Å². The van der Waals surface area contributed by atoms with Crippen molar-refractivity contribution in [3.05, 3.63) is 28.5 Å². The maximum atomic E-state index is 14.0. The summed E-state index contributed by atoms with van der Waals surface area (Å²) in [7, 11) is 0. The van der Waals surface area contributed by atoms with Crippen LogP contribution in [0.25, 0.3) is 10.4 Å². The molecule has 0 unspecified atom stereocenters. The molecule has 8 nitrogen and oxygen atoms in total. The fourth-order valence-corrected chi connectivity index (χ4v) is 5.05. The van der Waals surface area contributed by atoms with Crippen molar-refractivity contribution in [2.24, 2.45) is 0 Å². The molecular formula is C24H30F5N5O3S. The summed E-state index contributed by atoms with van der Waals surface area (Å²) in [4.78, 5) is 35.5. The Bertz CT molecular complexity index is 1200. The van der Waals surface area contributed by atoms with E-state index in [0.29, 0.717) is 11.1 Å². The summed E-state index contributed by atoms with van der Waals surface area (Å²) in [5.74, 6) is -4.59. The highest BCUT2D eigenvalue weighted by Crippen LogP contribution is 2.38. The molecule has 0 aliphatic carbocycles. The molecule has 0 spiro atoms. The highest BCUT2D eigenvalue weighted by molar-refractivity contribution is 7.17. The normalized spacial score (nSPS) is 18.4. The van der Waals surface area contributed by atoms with Crippen LogP contribution in [-0.2, 0) is 0 Å². The summed E-state index contributed by atoms with van der Waals surface area (Å²) < 4.78 is 67.6. The molecule has 3 heterocycles. The standard InChI is InChI=1S/C24H30F5N5O3S/c1-6-15(24(27,28)29)32-16-7-12(2)14(9-30-16)18-17(21(36)34-11-23(25,26)8-13(34)3)33-20(38-18)19(35)31-10-22(4,5)37/h7,9,13,15,37H,6,8,10-11H2,1-5H3,(H,30,32)(H,31,35)/t13-,15-/m0/s1. The summed E-state index contributed by atoms with van der Waals surface area (Å²) in [6.45, 7) is 6.51. The zero-order valence-corrected chi connectivity index (χ0v) is 22.4. The van der Waals surface area contributed by atoms with Gasteiger partial charge >= 0.3 is 6.18 Å². The molecule has 2 aromatic heterocycles. The Morgan fingerprint density at radius 3 is 2.47 bits per heavy atom. The monoisotopic (exact) mass is 563 g/mol. The molecule has 2 amide bonds. The van der Waals surface area contributed by atoms with Crippen molar-refractivity contribution in [1.29, 1.82) is 0 Å². The molecule has 0 radical (unpaired) electrons. The second-order valence-electron chi connectivity index (χ2n) is 10.1. The van der Waals surface area contributed by atoms with Crippen molar-refractivity contribution in [2.75, 3.05) is 18.4 Å². The van der Waals surface area contributed by atoms with E-state index in [4.69, 9.17) is 0 Å². The third-order valence-electron chi connectivity index (χ3n) is 5.98. The molecule has 210 valence electrons. The lowest BCUT2D eigenvalue weighted by molar-refractivity contribution is -0.142. The van der Waals surface area contributed by atoms with Crippen LogP contribution in [0.3, 0.4) is 0 Å². The quantitative estimate of drug-likeness (QED) is 0.404. The van der Waals surface area contributed by atoms with Gasteiger partial charge in [0, 0.05) is 30.8 Å². The summed E-state index contributed by atoms with van der Waals surface area (Å²) in [5, 5.41) is 14.6. The second-order valence-corrected chi connectivity index (χ2v) is 11.1. The van der Waals surface area contributed by atoms with Crippen LogP contribution in [0.2, 0.25) is 0 Å². The van der Waals surface area contributed by atoms with Crippen molar-refractivity contribution >= 4 is 29.0 Å². The van der Waals surface area contributed by atoms with E-state index in [0.717, 1.165) is 16.2 Å². The Hall–Kier alpha value is -2.87. The zero-order valence-electron chi connectivity index (χ0n) is 21.5. The zero-order chi connectivity index (χ0) is 28.6. The van der Waals surface area contributed by atoms with E-state index in [1.165, 1.54) is 40.0 Å². The van der Waals surface area contributed by atoms with E-state index in [9.17, 15) is 36.6 Å². The molecule has 3 rings (SSSR count). The predicted octanol–water partition coefficient (Wildman–Crippen LogP) is 4.64. The lowest BCUT2D eigenvalue weighted by Crippen LogP contribution is -2.38. The number of carbonyl (C=O) groups excluding carboxylic acids is 2. The SMILES string of the molecule is CC[C@H](Nc1cc(C)c(-c2sc(C(=O)NCC(C)(C)O)nc2C(=O)N2CC(F)(F)C[C@@H]2C)cn1)C(F)(F)F. The number of aliphatic hydroxyl groups is 1. The predicted molar refractivity (Wildman–Crippen MR) is 133 cm³/mol. The molecule has 1 fully saturated rings. The number of aryl methyl sites for hydroxylation is 1. The van der Waals surface area contributed by atoms with Gasteiger partial charge < -0.3 is 20.6 Å². The van der Waals surface area contributed by atoms with Gasteiger partial charge in [0.05, 0.1) is 17.0 Å². The van der Waals surface area contributed by atoms with Gasteiger partial charge in [0.15, 0.2) is 5.01 Å². The van der Waals surface area contributed by atoms with E-state index >= 15 is 0 Å². The minimum Gasteiger partial charge on any atom is -0.389 e. The summed E-state index contributed by atoms with van der Waals surface area (Å²) in [5.41, 5.74) is -0.710. The fourth-order valence-electron chi connectivity index (χ4n) is 4.00. The van der Waals surface area contributed by atoms with Crippen LogP contribution < -0.4 is 10.6 Å². The lowest BCUT2D eigenvalue weighted by Gasteiger charge is -2.21. The molecule has 1 saturated heterocycles. The minimum absolute atomic E-state index is 0.0382. The molecule has 0 aromatic carbocycles. The Kier molecular flexibility index (Phi) is 8.37. The molecule has 2 aromatic rings. The topological polar surface area (TPSA) is 107 Å². The van der Waals surface area contributed by atoms with Gasteiger partial charge in [0.1, 0.15) is 17.6 Å². The molecule has 0 saturated carbocycles. The number of hydrogen-bond acceptors (Lipinski definition) is 7. The third-order valence-corrected chi connectivity index (χ3v) is 7.06. The van der Waals surface area contributed by atoms with E-state index in [-0.39, 0.29) is 34.4 Å². The fraction of sp³-hybridized carbons (Fsp3) is 0.583. The molecule has 0 bridgehead atoms. The number of halogens is 5. The maximum Gasteiger partial charge on any atom is 0.408 e. The van der Waals surface area contributed by atoms with Crippen molar-refractivity contribution in [1.82, 2.24) is 20.2 Å². The molecule has 3 N–H and O–H groups in total. The van der Waals surface area contributed by atoms with E-state index in [1.807, 2.05) is 0 Å². The summed E-state index contributed by atoms with van der Waals surface area (Å²) in [6.07, 6.45) is -3.97. The van der Waals surface area contributed by atoms with Gasteiger partial charge in [0.25, 0.3) is 17.7 Å². The van der Waals surface area contributed by atoms with Crippen LogP contribution in [0.15, 0.2) is 12.3 Å². The number of amides is 2. The van der Waals surface area contributed by atoms with Crippen LogP contribution in [0, 0.1) is 6.92 Å². The molecular weight excluding hydrogens is 533 g/mol. The number of thiazole rings is 1. The van der Waals surface area contributed by atoms with Gasteiger partial charge in [-0.3, -0.25) is 9.59 Å². The summed E-state index contributed by atoms with van der Waals surface area (Å²) in [6, 6.07) is -1.22. The third kappa shape index (κ3) is 6.95. The number of pyridine rings is 1. The Morgan fingerprint density at radius 2 is 1.97 bits per heavy atom. The maximum absolute atomic E-state index is 14.0. The van der Waals surface area contributed by atoms with Crippen LogP contribution in [-0.4, -0.2) is 74.7 Å². The number of hydrogen-bond donors (Lipinski definition) is 3. The van der Waals surface area contributed by atoms with Crippen molar-refractivity contribution in [3.63, 3.8) is 0 Å². The second kappa shape index (κ2) is 10.7. The molecule has 38 heavy (non-hydrogen) atoms. The smallest absolute Gasteiger partial charge is 0.389 e. The number of nitrogens with one attached hydrogen (secondary N) is 2. The van der Waals surface area contributed by atoms with E-state index in [1.54, 1.807) is 6.92 Å². The molecule has 14 heteroatoms. The number of carbonyl (C=O) groups is 2. The van der Waals surface area contributed by atoms with Gasteiger partial charge in [-0.15, -0.1) is 11.3 Å².